The van der Waals surface area contributed by atoms with Gasteiger partial charge in [0.05, 0.1) is 10.8 Å². The number of ether oxygens (including phenoxy) is 1. The van der Waals surface area contributed by atoms with E-state index >= 15 is 0 Å². The molecule has 1 unspecified atom stereocenters. The fourth-order valence-electron chi connectivity index (χ4n) is 1.56. The summed E-state index contributed by atoms with van der Waals surface area (Å²) in [4.78, 5) is 23.6. The summed E-state index contributed by atoms with van der Waals surface area (Å²) in [6.45, 7) is 2.91. The van der Waals surface area contributed by atoms with E-state index in [1.807, 2.05) is 0 Å². The van der Waals surface area contributed by atoms with Crippen LogP contribution in [-0.4, -0.2) is 42.5 Å². The van der Waals surface area contributed by atoms with Crippen LogP contribution in [0, 0.1) is 0 Å². The number of hydrogen-bond donors (Lipinski definition) is 2. The van der Waals surface area contributed by atoms with E-state index in [2.05, 4.69) is 5.32 Å². The molecule has 0 fully saturated rings. The minimum absolute atomic E-state index is 0.105. The second-order valence-corrected chi connectivity index (χ2v) is 5.58. The number of nitrogens with one attached hydrogen (secondary N) is 1. The highest BCUT2D eigenvalue weighted by molar-refractivity contribution is 8.00. The number of aromatic carboxylic acids is 1. The molecule has 0 heterocycles. The van der Waals surface area contributed by atoms with E-state index in [1.165, 1.54) is 17.8 Å². The highest BCUT2D eigenvalue weighted by atomic mass is 32.2. The zero-order chi connectivity index (χ0) is 15.0. The first-order valence-electron chi connectivity index (χ1n) is 6.32. The molecule has 0 aromatic heterocycles. The van der Waals surface area contributed by atoms with Crippen LogP contribution in [-0.2, 0) is 9.53 Å². The Labute approximate surface area is 122 Å². The van der Waals surface area contributed by atoms with Gasteiger partial charge in [-0.15, -0.1) is 11.8 Å². The Morgan fingerprint density at radius 3 is 2.75 bits per heavy atom. The van der Waals surface area contributed by atoms with E-state index in [1.54, 1.807) is 32.2 Å². The quantitative estimate of drug-likeness (QED) is 0.567. The third-order valence-corrected chi connectivity index (χ3v) is 3.79. The van der Waals surface area contributed by atoms with Crippen molar-refractivity contribution in [1.29, 1.82) is 0 Å². The monoisotopic (exact) mass is 297 g/mol. The number of rotatable bonds is 8. The molecule has 1 aromatic carbocycles. The average Bonchev–Trinajstić information content (AvgIpc) is 2.43. The lowest BCUT2D eigenvalue weighted by Crippen LogP contribution is -2.32. The van der Waals surface area contributed by atoms with Crippen molar-refractivity contribution in [2.45, 2.75) is 23.5 Å². The Kier molecular flexibility index (Phi) is 7.11. The van der Waals surface area contributed by atoms with Gasteiger partial charge in [-0.3, -0.25) is 4.79 Å². The molecule has 110 valence electrons. The minimum Gasteiger partial charge on any atom is -0.478 e. The predicted molar refractivity (Wildman–Crippen MR) is 78.2 cm³/mol. The molecule has 6 heteroatoms. The molecule has 20 heavy (non-hydrogen) atoms. The molecule has 0 aliphatic rings. The molecule has 0 aliphatic carbocycles. The van der Waals surface area contributed by atoms with Gasteiger partial charge in [-0.2, -0.15) is 0 Å². The van der Waals surface area contributed by atoms with Crippen LogP contribution in [0.5, 0.6) is 0 Å². The van der Waals surface area contributed by atoms with Crippen molar-refractivity contribution in [1.82, 2.24) is 5.32 Å². The van der Waals surface area contributed by atoms with Gasteiger partial charge in [0.25, 0.3) is 0 Å². The molecule has 0 radical (unpaired) electrons. The summed E-state index contributed by atoms with van der Waals surface area (Å²) in [6, 6.07) is 6.68. The Morgan fingerprint density at radius 2 is 2.10 bits per heavy atom. The van der Waals surface area contributed by atoms with E-state index in [0.29, 0.717) is 18.0 Å². The average molecular weight is 297 g/mol. The maximum Gasteiger partial charge on any atom is 0.336 e. The van der Waals surface area contributed by atoms with Crippen molar-refractivity contribution in [2.24, 2.45) is 0 Å². The largest absolute Gasteiger partial charge is 0.478 e. The van der Waals surface area contributed by atoms with Crippen molar-refractivity contribution in [3.8, 4) is 0 Å². The van der Waals surface area contributed by atoms with E-state index in [9.17, 15) is 9.59 Å². The number of methoxy groups -OCH3 is 1. The fraction of sp³-hybridized carbons (Fsp3) is 0.429. The number of carboxylic acid groups (broad SMARTS) is 1. The molecule has 1 amide bonds. The summed E-state index contributed by atoms with van der Waals surface area (Å²) < 4.78 is 4.90. The highest BCUT2D eigenvalue weighted by Gasteiger charge is 2.17. The zero-order valence-corrected chi connectivity index (χ0v) is 12.4. The normalized spacial score (nSPS) is 11.9. The molecule has 5 nitrogen and oxygen atoms in total. The maximum atomic E-state index is 11.9. The maximum absolute atomic E-state index is 11.9. The van der Waals surface area contributed by atoms with Gasteiger partial charge in [-0.05, 0) is 25.5 Å². The Hall–Kier alpha value is -1.53. The van der Waals surface area contributed by atoms with Gasteiger partial charge >= 0.3 is 5.97 Å². The molecule has 1 aromatic rings. The van der Waals surface area contributed by atoms with Gasteiger partial charge in [-0.1, -0.05) is 12.1 Å². The van der Waals surface area contributed by atoms with Gasteiger partial charge in [0.1, 0.15) is 0 Å². The highest BCUT2D eigenvalue weighted by Crippen LogP contribution is 2.26. The molecule has 1 rings (SSSR count). The van der Waals surface area contributed by atoms with Crippen LogP contribution in [0.2, 0.25) is 0 Å². The van der Waals surface area contributed by atoms with Crippen LogP contribution in [0.25, 0.3) is 0 Å². The van der Waals surface area contributed by atoms with Gasteiger partial charge in [0.2, 0.25) is 5.91 Å². The first kappa shape index (κ1) is 16.5. The van der Waals surface area contributed by atoms with E-state index in [0.717, 1.165) is 6.42 Å². The third kappa shape index (κ3) is 5.22. The van der Waals surface area contributed by atoms with Crippen molar-refractivity contribution in [2.75, 3.05) is 20.3 Å². The van der Waals surface area contributed by atoms with Gasteiger partial charge in [0, 0.05) is 25.2 Å². The lowest BCUT2D eigenvalue weighted by Gasteiger charge is -2.13. The molecule has 0 saturated heterocycles. The molecular weight excluding hydrogens is 278 g/mol. The second kappa shape index (κ2) is 8.60. The van der Waals surface area contributed by atoms with Gasteiger partial charge in [0.15, 0.2) is 0 Å². The summed E-state index contributed by atoms with van der Waals surface area (Å²) in [5, 5.41) is 11.5. The van der Waals surface area contributed by atoms with Crippen LogP contribution in [0.4, 0.5) is 0 Å². The molecular formula is C14H19NO4S. The molecule has 2 N–H and O–H groups in total. The summed E-state index contributed by atoms with van der Waals surface area (Å²) in [5.41, 5.74) is 0.219. The van der Waals surface area contributed by atoms with Crippen LogP contribution < -0.4 is 5.32 Å². The summed E-state index contributed by atoms with van der Waals surface area (Å²) in [6.07, 6.45) is 0.755. The number of thioether (sulfide) groups is 1. The van der Waals surface area contributed by atoms with Crippen LogP contribution in [0.1, 0.15) is 23.7 Å². The van der Waals surface area contributed by atoms with Gasteiger partial charge < -0.3 is 15.2 Å². The molecule has 0 bridgehead atoms. The van der Waals surface area contributed by atoms with Gasteiger partial charge in [-0.25, -0.2) is 4.79 Å². The fourth-order valence-corrected chi connectivity index (χ4v) is 2.57. The Morgan fingerprint density at radius 1 is 1.40 bits per heavy atom. The smallest absolute Gasteiger partial charge is 0.336 e. The number of amides is 1. The molecule has 0 spiro atoms. The van der Waals surface area contributed by atoms with E-state index in [-0.39, 0.29) is 16.7 Å². The number of benzene rings is 1. The summed E-state index contributed by atoms with van der Waals surface area (Å²) in [7, 11) is 1.61. The number of hydrogen-bond acceptors (Lipinski definition) is 4. The first-order valence-corrected chi connectivity index (χ1v) is 7.20. The summed E-state index contributed by atoms with van der Waals surface area (Å²) in [5.74, 6) is -1.09. The lowest BCUT2D eigenvalue weighted by molar-refractivity contribution is -0.120. The third-order valence-electron chi connectivity index (χ3n) is 2.61. The van der Waals surface area contributed by atoms with Crippen molar-refractivity contribution < 1.29 is 19.4 Å². The van der Waals surface area contributed by atoms with E-state index in [4.69, 9.17) is 9.84 Å². The van der Waals surface area contributed by atoms with Crippen LogP contribution in [0.15, 0.2) is 29.2 Å². The Balaban J connectivity index is 2.55. The molecule has 1 atom stereocenters. The standard InChI is InChI=1S/C14H19NO4S/c1-10(13(16)15-8-5-9-19-2)20-12-7-4-3-6-11(12)14(17)18/h3-4,6-7,10H,5,8-9H2,1-2H3,(H,15,16)(H,17,18). The van der Waals surface area contributed by atoms with E-state index < -0.39 is 5.97 Å². The van der Waals surface area contributed by atoms with Crippen LogP contribution >= 0.6 is 11.8 Å². The number of carboxylic acids is 1. The van der Waals surface area contributed by atoms with Crippen molar-refractivity contribution in [3.63, 3.8) is 0 Å². The predicted octanol–water partition coefficient (Wildman–Crippen LogP) is 2.02. The minimum atomic E-state index is -0.985. The lowest BCUT2D eigenvalue weighted by atomic mass is 10.2. The topological polar surface area (TPSA) is 75.6 Å². The first-order chi connectivity index (χ1) is 9.56. The molecule has 0 aliphatic heterocycles. The zero-order valence-electron chi connectivity index (χ0n) is 11.6. The number of carbonyl (C=O) groups is 2. The number of carbonyl (C=O) groups excluding carboxylic acids is 1. The molecule has 0 saturated carbocycles. The second-order valence-electron chi connectivity index (χ2n) is 4.20. The van der Waals surface area contributed by atoms with Crippen molar-refractivity contribution in [3.05, 3.63) is 29.8 Å². The van der Waals surface area contributed by atoms with Crippen LogP contribution in [0.3, 0.4) is 0 Å². The Bertz CT molecular complexity index is 464. The van der Waals surface area contributed by atoms with Crippen molar-refractivity contribution >= 4 is 23.6 Å². The SMILES string of the molecule is COCCCNC(=O)C(C)Sc1ccccc1C(=O)O. The summed E-state index contributed by atoms with van der Waals surface area (Å²) >= 11 is 1.25.